The summed E-state index contributed by atoms with van der Waals surface area (Å²) in [5.74, 6) is 0. The molecule has 3 rings (SSSR count). The predicted octanol–water partition coefficient (Wildman–Crippen LogP) is 4.41. The van der Waals surface area contributed by atoms with Gasteiger partial charge in [-0.1, -0.05) is 54.1 Å². The quantitative estimate of drug-likeness (QED) is 0.878. The number of nitrogens with two attached hydrogens (primary N) is 1. The first-order valence-electron chi connectivity index (χ1n) is 7.64. The number of anilines is 1. The normalized spacial score (nSPS) is 20.6. The van der Waals surface area contributed by atoms with E-state index in [4.69, 9.17) is 5.73 Å². The lowest BCUT2D eigenvalue weighted by atomic mass is 9.83. The van der Waals surface area contributed by atoms with Crippen molar-refractivity contribution in [3.8, 4) is 0 Å². The minimum Gasteiger partial charge on any atom is -0.356 e. The molecule has 0 saturated carbocycles. The molecular weight excluding hydrogens is 268 g/mol. The molecule has 1 atom stereocenters. The van der Waals surface area contributed by atoms with Gasteiger partial charge in [0.2, 0.25) is 0 Å². The highest BCUT2D eigenvalue weighted by molar-refractivity contribution is 5.53. The molecule has 0 amide bonds. The van der Waals surface area contributed by atoms with Crippen LogP contribution in [0.3, 0.4) is 0 Å². The number of hydrogen-bond acceptors (Lipinski definition) is 2. The summed E-state index contributed by atoms with van der Waals surface area (Å²) < 4.78 is 0. The lowest BCUT2D eigenvalue weighted by Crippen LogP contribution is -2.35. The van der Waals surface area contributed by atoms with Crippen LogP contribution in [0.1, 0.15) is 23.1 Å². The van der Waals surface area contributed by atoms with Gasteiger partial charge in [0, 0.05) is 11.4 Å². The zero-order valence-electron chi connectivity index (χ0n) is 13.1. The van der Waals surface area contributed by atoms with Gasteiger partial charge < -0.3 is 11.1 Å². The van der Waals surface area contributed by atoms with Crippen molar-refractivity contribution in [2.45, 2.75) is 25.8 Å². The minimum absolute atomic E-state index is 0.413. The standard InChI is InChI=1S/C20H22N2/c1-15-5-3-7-17(13-15)20(21)11-9-18(10-12-20)22-19-8-4-6-16(2)14-19/h3-11,13-14,22H,12,21H2,1-2H3. The van der Waals surface area contributed by atoms with Gasteiger partial charge in [0.05, 0.1) is 5.54 Å². The van der Waals surface area contributed by atoms with E-state index >= 15 is 0 Å². The maximum atomic E-state index is 6.57. The summed E-state index contributed by atoms with van der Waals surface area (Å²) in [6.07, 6.45) is 7.14. The third-order valence-corrected chi connectivity index (χ3v) is 4.08. The Hall–Kier alpha value is -2.32. The summed E-state index contributed by atoms with van der Waals surface area (Å²) in [5, 5.41) is 3.44. The summed E-state index contributed by atoms with van der Waals surface area (Å²) in [5.41, 5.74) is 12.0. The topological polar surface area (TPSA) is 38.0 Å². The van der Waals surface area contributed by atoms with Crippen molar-refractivity contribution in [2.75, 3.05) is 5.32 Å². The molecule has 0 aliphatic heterocycles. The molecule has 2 heteroatoms. The van der Waals surface area contributed by atoms with Gasteiger partial charge in [-0.15, -0.1) is 0 Å². The average molecular weight is 290 g/mol. The Morgan fingerprint density at radius 3 is 2.36 bits per heavy atom. The van der Waals surface area contributed by atoms with E-state index in [1.807, 2.05) is 0 Å². The number of benzene rings is 2. The molecular formula is C20H22N2. The number of allylic oxidation sites excluding steroid dienone is 1. The fourth-order valence-corrected chi connectivity index (χ4v) is 2.78. The van der Waals surface area contributed by atoms with Crippen LogP contribution in [-0.4, -0.2) is 0 Å². The first kappa shape index (κ1) is 14.6. The first-order valence-corrected chi connectivity index (χ1v) is 7.64. The van der Waals surface area contributed by atoms with E-state index in [0.29, 0.717) is 0 Å². The number of nitrogens with one attached hydrogen (secondary N) is 1. The van der Waals surface area contributed by atoms with Gasteiger partial charge in [0.15, 0.2) is 0 Å². The summed E-state index contributed by atoms with van der Waals surface area (Å²) in [7, 11) is 0. The highest BCUT2D eigenvalue weighted by Crippen LogP contribution is 2.30. The fraction of sp³-hybridized carbons (Fsp3) is 0.200. The SMILES string of the molecule is Cc1cccc(NC2=CCC(N)(c3cccc(C)c3)C=C2)c1. The van der Waals surface area contributed by atoms with Crippen LogP contribution in [0.2, 0.25) is 0 Å². The van der Waals surface area contributed by atoms with Crippen LogP contribution in [0.25, 0.3) is 0 Å². The van der Waals surface area contributed by atoms with Gasteiger partial charge in [-0.3, -0.25) is 0 Å². The molecule has 0 radical (unpaired) electrons. The third kappa shape index (κ3) is 3.12. The molecule has 0 bridgehead atoms. The van der Waals surface area contributed by atoms with Crippen molar-refractivity contribution in [3.05, 3.63) is 89.1 Å². The highest BCUT2D eigenvalue weighted by Gasteiger charge is 2.25. The average Bonchev–Trinajstić information content (AvgIpc) is 2.50. The van der Waals surface area contributed by atoms with Crippen LogP contribution < -0.4 is 11.1 Å². The molecule has 2 aromatic carbocycles. The van der Waals surface area contributed by atoms with E-state index in [1.165, 1.54) is 11.1 Å². The van der Waals surface area contributed by atoms with E-state index in [1.54, 1.807) is 0 Å². The van der Waals surface area contributed by atoms with Crippen molar-refractivity contribution in [2.24, 2.45) is 5.73 Å². The molecule has 0 aromatic heterocycles. The number of rotatable bonds is 3. The van der Waals surface area contributed by atoms with Gasteiger partial charge in [-0.05, 0) is 49.6 Å². The summed E-state index contributed by atoms with van der Waals surface area (Å²) in [6.45, 7) is 4.19. The van der Waals surface area contributed by atoms with E-state index in [-0.39, 0.29) is 0 Å². The van der Waals surface area contributed by atoms with E-state index < -0.39 is 5.54 Å². The number of aryl methyl sites for hydroxylation is 2. The summed E-state index contributed by atoms with van der Waals surface area (Å²) in [6, 6.07) is 16.8. The van der Waals surface area contributed by atoms with E-state index in [9.17, 15) is 0 Å². The van der Waals surface area contributed by atoms with Crippen LogP contribution in [-0.2, 0) is 5.54 Å². The molecule has 1 aliphatic carbocycles. The molecule has 0 spiro atoms. The van der Waals surface area contributed by atoms with Crippen molar-refractivity contribution in [1.29, 1.82) is 0 Å². The highest BCUT2D eigenvalue weighted by atomic mass is 14.9. The second kappa shape index (κ2) is 5.82. The molecule has 2 nitrogen and oxygen atoms in total. The maximum Gasteiger partial charge on any atom is 0.0635 e. The fourth-order valence-electron chi connectivity index (χ4n) is 2.78. The number of hydrogen-bond donors (Lipinski definition) is 2. The van der Waals surface area contributed by atoms with E-state index in [2.05, 4.69) is 85.9 Å². The second-order valence-corrected chi connectivity index (χ2v) is 6.10. The van der Waals surface area contributed by atoms with Gasteiger partial charge >= 0.3 is 0 Å². The zero-order chi connectivity index (χ0) is 15.6. The third-order valence-electron chi connectivity index (χ3n) is 4.08. The molecule has 1 aliphatic rings. The Morgan fingerprint density at radius 1 is 1.00 bits per heavy atom. The first-order chi connectivity index (χ1) is 10.5. The Bertz CT molecular complexity index is 743. The molecule has 1 unspecified atom stereocenters. The molecule has 112 valence electrons. The molecule has 0 heterocycles. The second-order valence-electron chi connectivity index (χ2n) is 6.10. The largest absolute Gasteiger partial charge is 0.356 e. The van der Waals surface area contributed by atoms with Gasteiger partial charge in [-0.25, -0.2) is 0 Å². The van der Waals surface area contributed by atoms with Gasteiger partial charge in [0.1, 0.15) is 0 Å². The predicted molar refractivity (Wildman–Crippen MR) is 93.7 cm³/mol. The molecule has 2 aromatic rings. The molecule has 0 saturated heterocycles. The van der Waals surface area contributed by atoms with Crippen LogP contribution in [0, 0.1) is 13.8 Å². The Balaban J connectivity index is 1.76. The summed E-state index contributed by atoms with van der Waals surface area (Å²) >= 11 is 0. The van der Waals surface area contributed by atoms with Crippen molar-refractivity contribution < 1.29 is 0 Å². The summed E-state index contributed by atoms with van der Waals surface area (Å²) in [4.78, 5) is 0. The lowest BCUT2D eigenvalue weighted by Gasteiger charge is -2.29. The van der Waals surface area contributed by atoms with Crippen molar-refractivity contribution >= 4 is 5.69 Å². The Labute approximate surface area is 132 Å². The zero-order valence-corrected chi connectivity index (χ0v) is 13.1. The Morgan fingerprint density at radius 2 is 1.73 bits per heavy atom. The Kier molecular flexibility index (Phi) is 3.86. The van der Waals surface area contributed by atoms with Crippen molar-refractivity contribution in [1.82, 2.24) is 0 Å². The van der Waals surface area contributed by atoms with Gasteiger partial charge in [-0.2, -0.15) is 0 Å². The minimum atomic E-state index is -0.413. The van der Waals surface area contributed by atoms with Crippen molar-refractivity contribution in [3.63, 3.8) is 0 Å². The smallest absolute Gasteiger partial charge is 0.0635 e. The van der Waals surface area contributed by atoms with Crippen LogP contribution in [0.5, 0.6) is 0 Å². The van der Waals surface area contributed by atoms with E-state index in [0.717, 1.165) is 23.4 Å². The molecule has 3 N–H and O–H groups in total. The van der Waals surface area contributed by atoms with Crippen LogP contribution >= 0.6 is 0 Å². The van der Waals surface area contributed by atoms with Crippen LogP contribution in [0.4, 0.5) is 5.69 Å². The van der Waals surface area contributed by atoms with Crippen LogP contribution in [0.15, 0.2) is 72.5 Å². The maximum absolute atomic E-state index is 6.57. The lowest BCUT2D eigenvalue weighted by molar-refractivity contribution is 0.562. The molecule has 0 fully saturated rings. The molecule has 22 heavy (non-hydrogen) atoms. The van der Waals surface area contributed by atoms with Gasteiger partial charge in [0.25, 0.3) is 0 Å². The monoisotopic (exact) mass is 290 g/mol.